The molecular formula is C21H19BrN2O4. The summed E-state index contributed by atoms with van der Waals surface area (Å²) in [5.41, 5.74) is 1.35. The van der Waals surface area contributed by atoms with Gasteiger partial charge in [-0.15, -0.1) is 0 Å². The van der Waals surface area contributed by atoms with E-state index in [1.807, 2.05) is 13.0 Å². The predicted molar refractivity (Wildman–Crippen MR) is 110 cm³/mol. The zero-order valence-electron chi connectivity index (χ0n) is 15.2. The van der Waals surface area contributed by atoms with E-state index in [9.17, 15) is 9.59 Å². The molecule has 28 heavy (non-hydrogen) atoms. The molecule has 2 aromatic carbocycles. The number of carbonyl (C=O) groups is 2. The van der Waals surface area contributed by atoms with E-state index in [1.54, 1.807) is 54.8 Å². The quantitative estimate of drug-likeness (QED) is 0.559. The van der Waals surface area contributed by atoms with E-state index >= 15 is 0 Å². The lowest BCUT2D eigenvalue weighted by molar-refractivity contribution is 0.0946. The molecule has 0 spiro atoms. The normalized spacial score (nSPS) is 10.4. The molecule has 7 heteroatoms. The molecule has 2 amide bonds. The van der Waals surface area contributed by atoms with Crippen LogP contribution in [0, 0.1) is 0 Å². The molecule has 0 saturated heterocycles. The Morgan fingerprint density at radius 1 is 1.07 bits per heavy atom. The molecule has 0 aliphatic carbocycles. The first-order valence-electron chi connectivity index (χ1n) is 8.71. The van der Waals surface area contributed by atoms with Crippen LogP contribution in [-0.4, -0.2) is 18.4 Å². The van der Waals surface area contributed by atoms with Crippen molar-refractivity contribution in [3.05, 3.63) is 82.2 Å². The zero-order valence-corrected chi connectivity index (χ0v) is 16.8. The highest BCUT2D eigenvalue weighted by molar-refractivity contribution is 9.10. The van der Waals surface area contributed by atoms with Crippen LogP contribution in [0.15, 0.2) is 69.8 Å². The Labute approximate surface area is 171 Å². The predicted octanol–water partition coefficient (Wildman–Crippen LogP) is 4.62. The number of ether oxygens (including phenoxy) is 1. The number of amides is 2. The van der Waals surface area contributed by atoms with Crippen LogP contribution in [0.3, 0.4) is 0 Å². The summed E-state index contributed by atoms with van der Waals surface area (Å²) in [5.74, 6) is 0.578. The van der Waals surface area contributed by atoms with Gasteiger partial charge in [-0.3, -0.25) is 9.59 Å². The summed E-state index contributed by atoms with van der Waals surface area (Å²) in [6, 6.07) is 15.5. The fourth-order valence-corrected chi connectivity index (χ4v) is 2.94. The maximum Gasteiger partial charge on any atom is 0.259 e. The van der Waals surface area contributed by atoms with Gasteiger partial charge in [-0.05, 0) is 55.5 Å². The van der Waals surface area contributed by atoms with Gasteiger partial charge in [0.15, 0.2) is 0 Å². The van der Waals surface area contributed by atoms with Gasteiger partial charge in [0.2, 0.25) is 0 Å². The van der Waals surface area contributed by atoms with E-state index in [-0.39, 0.29) is 18.4 Å². The van der Waals surface area contributed by atoms with Crippen molar-refractivity contribution in [2.24, 2.45) is 0 Å². The second-order valence-corrected chi connectivity index (χ2v) is 6.79. The van der Waals surface area contributed by atoms with Gasteiger partial charge in [-0.1, -0.05) is 22.0 Å². The van der Waals surface area contributed by atoms with E-state index in [2.05, 4.69) is 26.6 Å². The fraction of sp³-hybridized carbons (Fsp3) is 0.143. The Morgan fingerprint density at radius 3 is 2.68 bits per heavy atom. The van der Waals surface area contributed by atoms with Crippen molar-refractivity contribution < 1.29 is 18.7 Å². The third-order valence-corrected chi connectivity index (χ3v) is 4.37. The van der Waals surface area contributed by atoms with Gasteiger partial charge in [0.25, 0.3) is 11.8 Å². The number of rotatable bonds is 7. The molecule has 0 unspecified atom stereocenters. The SMILES string of the molecule is CCOc1ccc(Br)cc1C(=O)Nc1cccc(C(=O)NCc2ccco2)c1. The van der Waals surface area contributed by atoms with Crippen molar-refractivity contribution in [3.63, 3.8) is 0 Å². The molecule has 0 aliphatic rings. The van der Waals surface area contributed by atoms with E-state index in [4.69, 9.17) is 9.15 Å². The first-order chi connectivity index (χ1) is 13.6. The molecule has 1 aromatic heterocycles. The lowest BCUT2D eigenvalue weighted by Gasteiger charge is -2.12. The number of furan rings is 1. The largest absolute Gasteiger partial charge is 0.493 e. The molecule has 6 nitrogen and oxygen atoms in total. The standard InChI is InChI=1S/C21H19BrN2O4/c1-2-27-19-9-8-15(22)12-18(19)21(26)24-16-6-3-5-14(11-16)20(25)23-13-17-7-4-10-28-17/h3-12H,2,13H2,1H3,(H,23,25)(H,24,26). The van der Waals surface area contributed by atoms with Crippen LogP contribution in [0.1, 0.15) is 33.4 Å². The number of hydrogen-bond acceptors (Lipinski definition) is 4. The topological polar surface area (TPSA) is 80.6 Å². The van der Waals surface area contributed by atoms with Crippen molar-refractivity contribution in [1.82, 2.24) is 5.32 Å². The van der Waals surface area contributed by atoms with Crippen LogP contribution in [0.2, 0.25) is 0 Å². The van der Waals surface area contributed by atoms with Gasteiger partial charge in [-0.2, -0.15) is 0 Å². The van der Waals surface area contributed by atoms with Gasteiger partial charge >= 0.3 is 0 Å². The van der Waals surface area contributed by atoms with Crippen LogP contribution in [0.5, 0.6) is 5.75 Å². The van der Waals surface area contributed by atoms with Crippen LogP contribution < -0.4 is 15.4 Å². The van der Waals surface area contributed by atoms with E-state index in [0.717, 1.165) is 4.47 Å². The smallest absolute Gasteiger partial charge is 0.259 e. The van der Waals surface area contributed by atoms with Gasteiger partial charge in [-0.25, -0.2) is 0 Å². The summed E-state index contributed by atoms with van der Waals surface area (Å²) in [4.78, 5) is 25.0. The summed E-state index contributed by atoms with van der Waals surface area (Å²) in [6.45, 7) is 2.60. The maximum absolute atomic E-state index is 12.7. The molecule has 0 radical (unpaired) electrons. The summed E-state index contributed by atoms with van der Waals surface area (Å²) >= 11 is 3.37. The maximum atomic E-state index is 12.7. The molecule has 144 valence electrons. The number of carbonyl (C=O) groups excluding carboxylic acids is 2. The number of hydrogen-bond donors (Lipinski definition) is 2. The molecule has 0 atom stereocenters. The monoisotopic (exact) mass is 442 g/mol. The summed E-state index contributed by atoms with van der Waals surface area (Å²) < 4.78 is 11.5. The number of halogens is 1. The lowest BCUT2D eigenvalue weighted by atomic mass is 10.1. The Morgan fingerprint density at radius 2 is 1.93 bits per heavy atom. The number of benzene rings is 2. The van der Waals surface area contributed by atoms with Crippen LogP contribution in [0.25, 0.3) is 0 Å². The highest BCUT2D eigenvalue weighted by Crippen LogP contribution is 2.24. The Hall–Kier alpha value is -3.06. The number of anilines is 1. The summed E-state index contributed by atoms with van der Waals surface area (Å²) in [7, 11) is 0. The van der Waals surface area contributed by atoms with Crippen molar-refractivity contribution in [2.45, 2.75) is 13.5 Å². The second-order valence-electron chi connectivity index (χ2n) is 5.87. The highest BCUT2D eigenvalue weighted by atomic mass is 79.9. The molecule has 2 N–H and O–H groups in total. The molecule has 0 fully saturated rings. The van der Waals surface area contributed by atoms with Gasteiger partial charge < -0.3 is 19.8 Å². The van der Waals surface area contributed by atoms with E-state index < -0.39 is 0 Å². The minimum atomic E-state index is -0.321. The molecule has 0 aliphatic heterocycles. The van der Waals surface area contributed by atoms with Gasteiger partial charge in [0.1, 0.15) is 11.5 Å². The first-order valence-corrected chi connectivity index (χ1v) is 9.50. The van der Waals surface area contributed by atoms with Crippen molar-refractivity contribution in [3.8, 4) is 5.75 Å². The zero-order chi connectivity index (χ0) is 19.9. The van der Waals surface area contributed by atoms with Crippen molar-refractivity contribution >= 4 is 33.4 Å². The fourth-order valence-electron chi connectivity index (χ4n) is 2.58. The van der Waals surface area contributed by atoms with Gasteiger partial charge in [0.05, 0.1) is 25.0 Å². The molecule has 3 aromatic rings. The van der Waals surface area contributed by atoms with Crippen molar-refractivity contribution in [1.29, 1.82) is 0 Å². The second kappa shape index (κ2) is 9.23. The van der Waals surface area contributed by atoms with E-state index in [1.165, 1.54) is 0 Å². The molecule has 0 bridgehead atoms. The first kappa shape index (κ1) is 19.7. The summed E-state index contributed by atoms with van der Waals surface area (Å²) in [5, 5.41) is 5.59. The van der Waals surface area contributed by atoms with Gasteiger partial charge in [0, 0.05) is 15.7 Å². The number of nitrogens with one attached hydrogen (secondary N) is 2. The average molecular weight is 443 g/mol. The van der Waals surface area contributed by atoms with E-state index in [0.29, 0.717) is 34.9 Å². The van der Waals surface area contributed by atoms with Crippen LogP contribution >= 0.6 is 15.9 Å². The Bertz CT molecular complexity index is 970. The molecule has 3 rings (SSSR count). The van der Waals surface area contributed by atoms with Crippen LogP contribution in [-0.2, 0) is 6.54 Å². The third-order valence-electron chi connectivity index (χ3n) is 3.87. The molecule has 0 saturated carbocycles. The highest BCUT2D eigenvalue weighted by Gasteiger charge is 2.14. The lowest BCUT2D eigenvalue weighted by Crippen LogP contribution is -2.22. The molecular weight excluding hydrogens is 424 g/mol. The Balaban J connectivity index is 1.71. The molecule has 1 heterocycles. The minimum absolute atomic E-state index is 0.259. The summed E-state index contributed by atoms with van der Waals surface area (Å²) in [6.07, 6.45) is 1.55. The van der Waals surface area contributed by atoms with Crippen molar-refractivity contribution in [2.75, 3.05) is 11.9 Å². The minimum Gasteiger partial charge on any atom is -0.493 e. The average Bonchev–Trinajstić information content (AvgIpc) is 3.21. The van der Waals surface area contributed by atoms with Crippen LogP contribution in [0.4, 0.5) is 5.69 Å². The third kappa shape index (κ3) is 5.01. The Kier molecular flexibility index (Phi) is 6.49.